The van der Waals surface area contributed by atoms with Crippen molar-refractivity contribution in [1.29, 1.82) is 0 Å². The van der Waals surface area contributed by atoms with Gasteiger partial charge in [-0.05, 0) is 38.6 Å². The molecule has 7 nitrogen and oxygen atoms in total. The number of nitrogens with zero attached hydrogens (tertiary/aromatic N) is 2. The van der Waals surface area contributed by atoms with Crippen LogP contribution in [0.2, 0.25) is 0 Å². The Balaban J connectivity index is 1.81. The van der Waals surface area contributed by atoms with E-state index >= 15 is 0 Å². The molecule has 0 amide bonds. The molecule has 3 unspecified atom stereocenters. The van der Waals surface area contributed by atoms with Crippen molar-refractivity contribution < 1.29 is 14.2 Å². The molecule has 2 N–H and O–H groups in total. The van der Waals surface area contributed by atoms with Crippen molar-refractivity contribution in [3.05, 3.63) is 17.7 Å². The van der Waals surface area contributed by atoms with Crippen molar-refractivity contribution >= 4 is 29.2 Å². The fraction of sp³-hybridized carbons (Fsp3) is 0.600. The number of thioether (sulfide) groups is 1. The molecule has 28 heavy (non-hydrogen) atoms. The molecule has 3 atom stereocenters. The molecular formula is C20H30N4O3S. The molecule has 3 rings (SSSR count). The van der Waals surface area contributed by atoms with E-state index in [0.717, 1.165) is 36.6 Å². The molecule has 8 heteroatoms. The van der Waals surface area contributed by atoms with Crippen LogP contribution in [0.5, 0.6) is 11.5 Å². The first kappa shape index (κ1) is 21.1. The molecule has 0 aromatic heterocycles. The molecule has 2 heterocycles. The number of ether oxygens (including phenoxy) is 3. The number of aliphatic imine (C=N–C) groups is 2. The maximum absolute atomic E-state index is 6.26. The van der Waals surface area contributed by atoms with Gasteiger partial charge in [-0.15, -0.1) is 11.8 Å². The summed E-state index contributed by atoms with van der Waals surface area (Å²) < 4.78 is 17.8. The molecule has 2 fully saturated rings. The third-order valence-electron chi connectivity index (χ3n) is 4.98. The summed E-state index contributed by atoms with van der Waals surface area (Å²) in [6.45, 7) is 6.62. The smallest absolute Gasteiger partial charge is 0.158 e. The summed E-state index contributed by atoms with van der Waals surface area (Å²) in [6.07, 6.45) is 4.00. The molecule has 1 aromatic carbocycles. The second-order valence-electron chi connectivity index (χ2n) is 6.95. The van der Waals surface area contributed by atoms with Crippen LogP contribution in [0.4, 0.5) is 5.69 Å². The van der Waals surface area contributed by atoms with E-state index < -0.39 is 0 Å². The SMILES string of the molecule is C=Nc1c(OC2CCOC2)ccc(/C(=N/C)SC)c1OCC1CC(CNC)N1. The normalized spacial score (nSPS) is 24.7. The summed E-state index contributed by atoms with van der Waals surface area (Å²) in [5.41, 5.74) is 1.55. The number of benzene rings is 1. The summed E-state index contributed by atoms with van der Waals surface area (Å²) in [5, 5.41) is 7.61. The highest BCUT2D eigenvalue weighted by Gasteiger charge is 2.29. The standard InChI is InChI=1S/C20H30N4O3S/c1-21-10-13-9-14(24-13)11-26-19-16(20(23-3)28-4)5-6-17(18(19)22-2)27-15-7-8-25-12-15/h5-6,13-15,21,24H,2,7-12H2,1,3-4H3/b23-20-. The molecule has 1 aromatic rings. The number of hydrogen-bond acceptors (Lipinski definition) is 8. The lowest BCUT2D eigenvalue weighted by molar-refractivity contribution is 0.141. The Morgan fingerprint density at radius 1 is 1.43 bits per heavy atom. The second-order valence-corrected chi connectivity index (χ2v) is 7.74. The van der Waals surface area contributed by atoms with Gasteiger partial charge in [0.05, 0.1) is 18.8 Å². The maximum Gasteiger partial charge on any atom is 0.158 e. The number of rotatable bonds is 9. The summed E-state index contributed by atoms with van der Waals surface area (Å²) in [7, 11) is 3.75. The molecule has 0 spiro atoms. The van der Waals surface area contributed by atoms with Gasteiger partial charge >= 0.3 is 0 Å². The van der Waals surface area contributed by atoms with Gasteiger partial charge in [-0.2, -0.15) is 0 Å². The van der Waals surface area contributed by atoms with Crippen molar-refractivity contribution in [2.24, 2.45) is 9.98 Å². The van der Waals surface area contributed by atoms with Crippen molar-refractivity contribution in [3.63, 3.8) is 0 Å². The molecule has 0 bridgehead atoms. The highest BCUT2D eigenvalue weighted by atomic mass is 32.2. The zero-order valence-corrected chi connectivity index (χ0v) is 17.7. The zero-order chi connectivity index (χ0) is 19.9. The Kier molecular flexibility index (Phi) is 7.73. The lowest BCUT2D eigenvalue weighted by Crippen LogP contribution is -2.58. The van der Waals surface area contributed by atoms with Crippen molar-refractivity contribution in [2.75, 3.05) is 46.7 Å². The van der Waals surface area contributed by atoms with Crippen LogP contribution in [0.15, 0.2) is 22.1 Å². The van der Waals surface area contributed by atoms with E-state index in [4.69, 9.17) is 14.2 Å². The molecule has 2 aliphatic heterocycles. The van der Waals surface area contributed by atoms with Crippen molar-refractivity contribution in [2.45, 2.75) is 31.0 Å². The zero-order valence-electron chi connectivity index (χ0n) is 16.9. The van der Waals surface area contributed by atoms with Crippen LogP contribution < -0.4 is 20.1 Å². The van der Waals surface area contributed by atoms with Gasteiger partial charge in [0.2, 0.25) is 0 Å². The second kappa shape index (κ2) is 10.2. The van der Waals surface area contributed by atoms with E-state index in [1.165, 1.54) is 0 Å². The van der Waals surface area contributed by atoms with E-state index in [9.17, 15) is 0 Å². The first-order valence-corrected chi connectivity index (χ1v) is 10.8. The van der Waals surface area contributed by atoms with Crippen molar-refractivity contribution in [3.8, 4) is 11.5 Å². The Morgan fingerprint density at radius 2 is 2.25 bits per heavy atom. The lowest BCUT2D eigenvalue weighted by atomic mass is 9.98. The van der Waals surface area contributed by atoms with Gasteiger partial charge in [0.25, 0.3) is 0 Å². The monoisotopic (exact) mass is 406 g/mol. The number of hydrogen-bond donors (Lipinski definition) is 2. The van der Waals surface area contributed by atoms with E-state index in [1.54, 1.807) is 18.8 Å². The van der Waals surface area contributed by atoms with E-state index in [0.29, 0.717) is 42.5 Å². The topological polar surface area (TPSA) is 76.5 Å². The Morgan fingerprint density at radius 3 is 2.86 bits per heavy atom. The van der Waals surface area contributed by atoms with Gasteiger partial charge in [-0.25, -0.2) is 0 Å². The van der Waals surface area contributed by atoms with Crippen LogP contribution in [-0.2, 0) is 4.74 Å². The molecular weight excluding hydrogens is 376 g/mol. The average molecular weight is 407 g/mol. The minimum atomic E-state index is 0.0367. The van der Waals surface area contributed by atoms with Crippen LogP contribution in [0.1, 0.15) is 18.4 Å². The van der Waals surface area contributed by atoms with Gasteiger partial charge < -0.3 is 24.8 Å². The predicted octanol–water partition coefficient (Wildman–Crippen LogP) is 2.25. The van der Waals surface area contributed by atoms with Crippen LogP contribution >= 0.6 is 11.8 Å². The van der Waals surface area contributed by atoms with E-state index in [-0.39, 0.29) is 6.10 Å². The van der Waals surface area contributed by atoms with Crippen molar-refractivity contribution in [1.82, 2.24) is 10.6 Å². The largest absolute Gasteiger partial charge is 0.489 e. The minimum Gasteiger partial charge on any atom is -0.489 e. The quantitative estimate of drug-likeness (QED) is 0.484. The molecule has 0 saturated carbocycles. The first-order chi connectivity index (χ1) is 13.7. The molecule has 0 aliphatic carbocycles. The molecule has 2 saturated heterocycles. The number of nitrogens with one attached hydrogen (secondary N) is 2. The first-order valence-electron chi connectivity index (χ1n) is 9.62. The molecule has 154 valence electrons. The van der Waals surface area contributed by atoms with Crippen LogP contribution in [0.25, 0.3) is 0 Å². The van der Waals surface area contributed by atoms with Crippen LogP contribution in [-0.4, -0.2) is 76.7 Å². The van der Waals surface area contributed by atoms with Gasteiger partial charge in [0, 0.05) is 32.1 Å². The third kappa shape index (κ3) is 4.86. The van der Waals surface area contributed by atoms with Gasteiger partial charge in [-0.1, -0.05) is 0 Å². The highest BCUT2D eigenvalue weighted by Crippen LogP contribution is 2.42. The fourth-order valence-electron chi connectivity index (χ4n) is 3.56. The maximum atomic E-state index is 6.26. The van der Waals surface area contributed by atoms with Gasteiger partial charge in [0.15, 0.2) is 5.75 Å². The Hall–Kier alpha value is -1.61. The van der Waals surface area contributed by atoms with E-state index in [1.807, 2.05) is 25.4 Å². The summed E-state index contributed by atoms with van der Waals surface area (Å²) in [5.74, 6) is 1.36. The summed E-state index contributed by atoms with van der Waals surface area (Å²) in [4.78, 5) is 8.65. The Labute approximate surface area is 171 Å². The van der Waals surface area contributed by atoms with Crippen LogP contribution in [0, 0.1) is 0 Å². The lowest BCUT2D eigenvalue weighted by Gasteiger charge is -2.37. The summed E-state index contributed by atoms with van der Waals surface area (Å²) >= 11 is 1.58. The Bertz CT molecular complexity index is 701. The highest BCUT2D eigenvalue weighted by molar-refractivity contribution is 8.13. The van der Waals surface area contributed by atoms with Gasteiger partial charge in [-0.3, -0.25) is 9.98 Å². The summed E-state index contributed by atoms with van der Waals surface area (Å²) in [6, 6.07) is 4.75. The number of likely N-dealkylation sites (N-methyl/N-ethyl adjacent to an activating group) is 1. The fourth-order valence-corrected chi connectivity index (χ4v) is 4.12. The minimum absolute atomic E-state index is 0.0367. The van der Waals surface area contributed by atoms with E-state index in [2.05, 4.69) is 27.3 Å². The predicted molar refractivity (Wildman–Crippen MR) is 116 cm³/mol. The molecule has 0 radical (unpaired) electrons. The van der Waals surface area contributed by atoms with Crippen LogP contribution in [0.3, 0.4) is 0 Å². The molecule has 2 aliphatic rings. The average Bonchev–Trinajstić information content (AvgIpc) is 3.18. The third-order valence-corrected chi connectivity index (χ3v) is 5.77. The van der Waals surface area contributed by atoms with Gasteiger partial charge in [0.1, 0.15) is 29.2 Å².